The lowest BCUT2D eigenvalue weighted by Crippen LogP contribution is -2.18. The van der Waals surface area contributed by atoms with Gasteiger partial charge in [0, 0.05) is 18.1 Å². The maximum atomic E-state index is 5.79. The molecular formula is C10H15BrN2O. The van der Waals surface area contributed by atoms with Crippen LogP contribution in [0.15, 0.2) is 22.7 Å². The van der Waals surface area contributed by atoms with Gasteiger partial charge in [0.15, 0.2) is 0 Å². The second kappa shape index (κ2) is 5.22. The van der Waals surface area contributed by atoms with Crippen LogP contribution in [0.3, 0.4) is 0 Å². The van der Waals surface area contributed by atoms with E-state index in [-0.39, 0.29) is 6.10 Å². The summed E-state index contributed by atoms with van der Waals surface area (Å²) < 4.78 is 6.14. The number of rotatable bonds is 4. The van der Waals surface area contributed by atoms with Crippen molar-refractivity contribution < 1.29 is 4.74 Å². The molecular weight excluding hydrogens is 244 g/mol. The Morgan fingerprint density at radius 1 is 1.57 bits per heavy atom. The van der Waals surface area contributed by atoms with Gasteiger partial charge in [-0.05, 0) is 25.1 Å². The van der Waals surface area contributed by atoms with Crippen LogP contribution in [0.25, 0.3) is 0 Å². The first-order valence-corrected chi connectivity index (χ1v) is 5.24. The van der Waals surface area contributed by atoms with Crippen LogP contribution in [0.2, 0.25) is 0 Å². The minimum absolute atomic E-state index is 0.174. The molecule has 0 spiro atoms. The minimum Gasteiger partial charge on any atom is -0.397 e. The van der Waals surface area contributed by atoms with Crippen molar-refractivity contribution in [1.29, 1.82) is 0 Å². The van der Waals surface area contributed by atoms with Crippen molar-refractivity contribution >= 4 is 27.3 Å². The average Bonchev–Trinajstić information content (AvgIpc) is 2.19. The molecule has 0 radical (unpaired) electrons. The van der Waals surface area contributed by atoms with Crippen molar-refractivity contribution in [2.75, 3.05) is 24.7 Å². The predicted molar refractivity (Wildman–Crippen MR) is 63.5 cm³/mol. The normalized spacial score (nSPS) is 12.5. The molecule has 0 saturated carbocycles. The number of nitrogens with one attached hydrogen (secondary N) is 1. The zero-order valence-corrected chi connectivity index (χ0v) is 9.97. The number of anilines is 2. The van der Waals surface area contributed by atoms with E-state index >= 15 is 0 Å². The highest BCUT2D eigenvalue weighted by Gasteiger charge is 2.02. The Kier molecular flexibility index (Phi) is 4.22. The van der Waals surface area contributed by atoms with Crippen molar-refractivity contribution in [2.24, 2.45) is 0 Å². The van der Waals surface area contributed by atoms with Gasteiger partial charge in [-0.1, -0.05) is 15.9 Å². The molecule has 0 aliphatic rings. The smallest absolute Gasteiger partial charge is 0.0715 e. The van der Waals surface area contributed by atoms with E-state index in [1.54, 1.807) is 7.11 Å². The van der Waals surface area contributed by atoms with Crippen LogP contribution in [0.1, 0.15) is 6.92 Å². The van der Waals surface area contributed by atoms with Crippen LogP contribution in [-0.4, -0.2) is 19.8 Å². The maximum Gasteiger partial charge on any atom is 0.0715 e. The Balaban J connectivity index is 2.62. The van der Waals surface area contributed by atoms with Crippen molar-refractivity contribution in [1.82, 2.24) is 0 Å². The van der Waals surface area contributed by atoms with Gasteiger partial charge in [-0.2, -0.15) is 0 Å². The van der Waals surface area contributed by atoms with Crippen LogP contribution in [0.4, 0.5) is 11.4 Å². The molecule has 0 aliphatic heterocycles. The van der Waals surface area contributed by atoms with E-state index < -0.39 is 0 Å². The quantitative estimate of drug-likeness (QED) is 0.816. The molecule has 0 amide bonds. The van der Waals surface area contributed by atoms with E-state index in [1.165, 1.54) is 0 Å². The Hall–Kier alpha value is -0.740. The highest BCUT2D eigenvalue weighted by atomic mass is 79.9. The van der Waals surface area contributed by atoms with Crippen molar-refractivity contribution in [3.63, 3.8) is 0 Å². The molecule has 0 fully saturated rings. The lowest BCUT2D eigenvalue weighted by atomic mass is 10.2. The third-order valence-corrected chi connectivity index (χ3v) is 2.49. The third-order valence-electron chi connectivity index (χ3n) is 2.00. The van der Waals surface area contributed by atoms with Crippen LogP contribution in [0.5, 0.6) is 0 Å². The zero-order valence-electron chi connectivity index (χ0n) is 8.38. The number of halogens is 1. The summed E-state index contributed by atoms with van der Waals surface area (Å²) in [7, 11) is 1.69. The molecule has 0 aromatic heterocycles. The summed E-state index contributed by atoms with van der Waals surface area (Å²) in [6.45, 7) is 2.75. The largest absolute Gasteiger partial charge is 0.397 e. The Labute approximate surface area is 92.8 Å². The predicted octanol–water partition coefficient (Wildman–Crippen LogP) is 2.48. The Morgan fingerprint density at radius 3 is 2.93 bits per heavy atom. The molecule has 0 unspecified atom stereocenters. The van der Waals surface area contributed by atoms with Crippen molar-refractivity contribution in [3.8, 4) is 0 Å². The molecule has 0 bridgehead atoms. The van der Waals surface area contributed by atoms with E-state index in [0.717, 1.165) is 22.4 Å². The number of nitrogens with two attached hydrogens (primary N) is 1. The number of ether oxygens (including phenoxy) is 1. The molecule has 0 heterocycles. The van der Waals surface area contributed by atoms with Gasteiger partial charge >= 0.3 is 0 Å². The zero-order chi connectivity index (χ0) is 10.6. The highest BCUT2D eigenvalue weighted by molar-refractivity contribution is 9.10. The first kappa shape index (κ1) is 11.3. The summed E-state index contributed by atoms with van der Waals surface area (Å²) in [5.41, 5.74) is 7.47. The summed E-state index contributed by atoms with van der Waals surface area (Å²) in [4.78, 5) is 0. The number of benzene rings is 1. The topological polar surface area (TPSA) is 47.3 Å². The summed E-state index contributed by atoms with van der Waals surface area (Å²) in [5.74, 6) is 0. The van der Waals surface area contributed by atoms with Crippen LogP contribution in [-0.2, 0) is 4.74 Å². The van der Waals surface area contributed by atoms with Gasteiger partial charge in [0.05, 0.1) is 17.5 Å². The SMILES string of the molecule is CO[C@@H](C)CNc1cc(Br)ccc1N. The van der Waals surface area contributed by atoms with Crippen molar-refractivity contribution in [2.45, 2.75) is 13.0 Å². The molecule has 14 heavy (non-hydrogen) atoms. The number of methoxy groups -OCH3 is 1. The van der Waals surface area contributed by atoms with E-state index in [4.69, 9.17) is 10.5 Å². The van der Waals surface area contributed by atoms with Gasteiger partial charge in [-0.3, -0.25) is 0 Å². The Morgan fingerprint density at radius 2 is 2.29 bits per heavy atom. The van der Waals surface area contributed by atoms with Gasteiger partial charge in [0.1, 0.15) is 0 Å². The van der Waals surface area contributed by atoms with E-state index in [1.807, 2.05) is 25.1 Å². The fraction of sp³-hybridized carbons (Fsp3) is 0.400. The van der Waals surface area contributed by atoms with Gasteiger partial charge in [0.2, 0.25) is 0 Å². The molecule has 1 atom stereocenters. The van der Waals surface area contributed by atoms with Crippen LogP contribution in [0, 0.1) is 0 Å². The third kappa shape index (κ3) is 3.20. The summed E-state index contributed by atoms with van der Waals surface area (Å²) in [6.07, 6.45) is 0.174. The number of nitrogen functional groups attached to an aromatic ring is 1. The minimum atomic E-state index is 0.174. The second-order valence-electron chi connectivity index (χ2n) is 3.16. The maximum absolute atomic E-state index is 5.79. The van der Waals surface area contributed by atoms with E-state index in [9.17, 15) is 0 Å². The number of hydrogen-bond donors (Lipinski definition) is 2. The molecule has 4 heteroatoms. The highest BCUT2D eigenvalue weighted by Crippen LogP contribution is 2.23. The summed E-state index contributed by atoms with van der Waals surface area (Å²) in [6, 6.07) is 5.74. The van der Waals surface area contributed by atoms with E-state index in [2.05, 4.69) is 21.2 Å². The summed E-state index contributed by atoms with van der Waals surface area (Å²) >= 11 is 3.39. The first-order chi connectivity index (χ1) is 6.63. The van der Waals surface area contributed by atoms with Gasteiger partial charge in [-0.25, -0.2) is 0 Å². The van der Waals surface area contributed by atoms with Gasteiger partial charge < -0.3 is 15.8 Å². The molecule has 0 aliphatic carbocycles. The van der Waals surface area contributed by atoms with Gasteiger partial charge in [-0.15, -0.1) is 0 Å². The van der Waals surface area contributed by atoms with E-state index in [0.29, 0.717) is 0 Å². The summed E-state index contributed by atoms with van der Waals surface area (Å²) in [5, 5.41) is 3.22. The van der Waals surface area contributed by atoms with Crippen molar-refractivity contribution in [3.05, 3.63) is 22.7 Å². The average molecular weight is 259 g/mol. The molecule has 78 valence electrons. The second-order valence-corrected chi connectivity index (χ2v) is 4.07. The fourth-order valence-corrected chi connectivity index (χ4v) is 1.38. The molecule has 1 rings (SSSR count). The van der Waals surface area contributed by atoms with Crippen LogP contribution >= 0.6 is 15.9 Å². The Bertz CT molecular complexity index is 304. The lowest BCUT2D eigenvalue weighted by Gasteiger charge is -2.13. The van der Waals surface area contributed by atoms with Gasteiger partial charge in [0.25, 0.3) is 0 Å². The molecule has 1 aromatic carbocycles. The fourth-order valence-electron chi connectivity index (χ4n) is 1.02. The monoisotopic (exact) mass is 258 g/mol. The standard InChI is InChI=1S/C10H15BrN2O/c1-7(14-2)6-13-10-5-8(11)3-4-9(10)12/h3-5,7,13H,6,12H2,1-2H3/t7-/m0/s1. The lowest BCUT2D eigenvalue weighted by molar-refractivity contribution is 0.129. The molecule has 3 N–H and O–H groups in total. The first-order valence-electron chi connectivity index (χ1n) is 4.45. The van der Waals surface area contributed by atoms with Crippen LogP contribution < -0.4 is 11.1 Å². The molecule has 0 saturated heterocycles. The molecule has 3 nitrogen and oxygen atoms in total. The number of hydrogen-bond acceptors (Lipinski definition) is 3. The molecule has 1 aromatic rings.